The lowest BCUT2D eigenvalue weighted by Gasteiger charge is -2.07. The van der Waals surface area contributed by atoms with Crippen LogP contribution in [0.2, 0.25) is 0 Å². The van der Waals surface area contributed by atoms with Crippen molar-refractivity contribution >= 4 is 27.4 Å². The van der Waals surface area contributed by atoms with Gasteiger partial charge in [0, 0.05) is 6.26 Å². The molecule has 1 aromatic carbocycles. The number of ether oxygens (including phenoxy) is 1. The summed E-state index contributed by atoms with van der Waals surface area (Å²) in [7, 11) is -1.99. The molecule has 0 spiro atoms. The SMILES string of the molecule is COC(=O)C(Cl)c1ccc(S(C)(=O)=O)cc1. The highest BCUT2D eigenvalue weighted by Gasteiger charge is 2.18. The normalized spacial score (nSPS) is 13.2. The van der Waals surface area contributed by atoms with Crippen molar-refractivity contribution < 1.29 is 17.9 Å². The summed E-state index contributed by atoms with van der Waals surface area (Å²) in [5.41, 5.74) is 0.501. The maximum absolute atomic E-state index is 11.2. The Morgan fingerprint density at radius 3 is 2.19 bits per heavy atom. The van der Waals surface area contributed by atoms with Crippen molar-refractivity contribution in [2.75, 3.05) is 13.4 Å². The maximum atomic E-state index is 11.2. The van der Waals surface area contributed by atoms with Crippen LogP contribution in [0.1, 0.15) is 10.9 Å². The van der Waals surface area contributed by atoms with Crippen molar-refractivity contribution in [1.82, 2.24) is 0 Å². The lowest BCUT2D eigenvalue weighted by atomic mass is 10.1. The molecular weight excluding hydrogens is 252 g/mol. The second-order valence-electron chi connectivity index (χ2n) is 3.23. The number of carbonyl (C=O) groups is 1. The fourth-order valence-electron chi connectivity index (χ4n) is 1.12. The van der Waals surface area contributed by atoms with Crippen molar-refractivity contribution in [2.24, 2.45) is 0 Å². The van der Waals surface area contributed by atoms with Gasteiger partial charge in [-0.2, -0.15) is 0 Å². The quantitative estimate of drug-likeness (QED) is 0.612. The minimum Gasteiger partial charge on any atom is -0.468 e. The van der Waals surface area contributed by atoms with E-state index in [1.165, 1.54) is 31.4 Å². The molecule has 0 aliphatic heterocycles. The molecule has 0 aliphatic carbocycles. The molecule has 16 heavy (non-hydrogen) atoms. The van der Waals surface area contributed by atoms with E-state index in [9.17, 15) is 13.2 Å². The Morgan fingerprint density at radius 2 is 1.81 bits per heavy atom. The molecule has 0 saturated heterocycles. The van der Waals surface area contributed by atoms with Crippen LogP contribution in [0.25, 0.3) is 0 Å². The zero-order valence-electron chi connectivity index (χ0n) is 8.81. The van der Waals surface area contributed by atoms with E-state index >= 15 is 0 Å². The van der Waals surface area contributed by atoms with Gasteiger partial charge in [-0.15, -0.1) is 11.6 Å². The Kier molecular flexibility index (Phi) is 3.93. The van der Waals surface area contributed by atoms with Crippen molar-refractivity contribution in [2.45, 2.75) is 10.3 Å². The zero-order chi connectivity index (χ0) is 12.3. The molecule has 1 rings (SSSR count). The van der Waals surface area contributed by atoms with E-state index in [2.05, 4.69) is 4.74 Å². The molecule has 1 atom stereocenters. The summed E-state index contributed by atoms with van der Waals surface area (Å²) in [6.45, 7) is 0. The third-order valence-corrected chi connectivity index (χ3v) is 3.57. The van der Waals surface area contributed by atoms with E-state index in [0.29, 0.717) is 5.56 Å². The van der Waals surface area contributed by atoms with Crippen LogP contribution in [-0.4, -0.2) is 27.8 Å². The predicted octanol–water partition coefficient (Wildman–Crippen LogP) is 1.54. The van der Waals surface area contributed by atoms with E-state index in [-0.39, 0.29) is 4.90 Å². The van der Waals surface area contributed by atoms with Crippen LogP contribution >= 0.6 is 11.6 Å². The summed E-state index contributed by atoms with van der Waals surface area (Å²) in [6.07, 6.45) is 1.11. The number of alkyl halides is 1. The van der Waals surface area contributed by atoms with Gasteiger partial charge in [-0.3, -0.25) is 4.79 Å². The average Bonchev–Trinajstić information content (AvgIpc) is 2.26. The van der Waals surface area contributed by atoms with Crippen molar-refractivity contribution in [1.29, 1.82) is 0 Å². The van der Waals surface area contributed by atoms with Gasteiger partial charge in [-0.05, 0) is 17.7 Å². The van der Waals surface area contributed by atoms with Crippen LogP contribution in [0.5, 0.6) is 0 Å². The summed E-state index contributed by atoms with van der Waals surface area (Å²) >= 11 is 5.80. The molecule has 88 valence electrons. The summed E-state index contributed by atoms with van der Waals surface area (Å²) in [5.74, 6) is -0.575. The Balaban J connectivity index is 3.00. The third-order valence-electron chi connectivity index (χ3n) is 2.01. The monoisotopic (exact) mass is 262 g/mol. The number of benzene rings is 1. The van der Waals surface area contributed by atoms with Crippen LogP contribution in [0, 0.1) is 0 Å². The molecule has 0 aromatic heterocycles. The first-order valence-corrected chi connectivity index (χ1v) is 6.71. The van der Waals surface area contributed by atoms with Gasteiger partial charge < -0.3 is 4.74 Å². The van der Waals surface area contributed by atoms with E-state index in [4.69, 9.17) is 11.6 Å². The van der Waals surface area contributed by atoms with Crippen molar-refractivity contribution in [3.8, 4) is 0 Å². The molecule has 4 nitrogen and oxygen atoms in total. The molecule has 0 saturated carbocycles. The smallest absolute Gasteiger partial charge is 0.328 e. The first kappa shape index (κ1) is 13.0. The standard InChI is InChI=1S/C10H11ClO4S/c1-15-10(12)9(11)7-3-5-8(6-4-7)16(2,13)14/h3-6,9H,1-2H3. The van der Waals surface area contributed by atoms with Crippen LogP contribution in [0.4, 0.5) is 0 Å². The molecule has 0 heterocycles. The van der Waals surface area contributed by atoms with Crippen molar-refractivity contribution in [3.05, 3.63) is 29.8 Å². The highest BCUT2D eigenvalue weighted by molar-refractivity contribution is 7.90. The minimum absolute atomic E-state index is 0.185. The number of sulfone groups is 1. The lowest BCUT2D eigenvalue weighted by Crippen LogP contribution is -2.08. The molecule has 0 fully saturated rings. The summed E-state index contributed by atoms with van der Waals surface area (Å²) < 4.78 is 26.8. The Morgan fingerprint density at radius 1 is 1.31 bits per heavy atom. The fourth-order valence-corrected chi connectivity index (χ4v) is 1.99. The molecule has 6 heteroatoms. The number of halogens is 1. The van der Waals surface area contributed by atoms with Gasteiger partial charge in [0.25, 0.3) is 0 Å². The first-order chi connectivity index (χ1) is 7.36. The number of rotatable bonds is 3. The number of hydrogen-bond acceptors (Lipinski definition) is 4. The van der Waals surface area contributed by atoms with E-state index in [0.717, 1.165) is 6.26 Å². The first-order valence-electron chi connectivity index (χ1n) is 4.38. The molecule has 1 unspecified atom stereocenters. The van der Waals surface area contributed by atoms with Crippen LogP contribution in [-0.2, 0) is 19.4 Å². The van der Waals surface area contributed by atoms with Crippen LogP contribution in [0.3, 0.4) is 0 Å². The molecule has 1 aromatic rings. The van der Waals surface area contributed by atoms with Gasteiger partial charge in [-0.25, -0.2) is 8.42 Å². The number of carbonyl (C=O) groups excluding carboxylic acids is 1. The Bertz CT molecular complexity index is 478. The molecule has 0 bridgehead atoms. The second-order valence-corrected chi connectivity index (χ2v) is 5.68. The summed E-state index contributed by atoms with van der Waals surface area (Å²) in [4.78, 5) is 11.3. The van der Waals surface area contributed by atoms with E-state index in [1.807, 2.05) is 0 Å². The van der Waals surface area contributed by atoms with Gasteiger partial charge in [0.15, 0.2) is 15.2 Å². The van der Waals surface area contributed by atoms with Crippen LogP contribution < -0.4 is 0 Å². The van der Waals surface area contributed by atoms with Gasteiger partial charge in [0.05, 0.1) is 12.0 Å². The largest absolute Gasteiger partial charge is 0.468 e. The zero-order valence-corrected chi connectivity index (χ0v) is 10.4. The van der Waals surface area contributed by atoms with Gasteiger partial charge in [-0.1, -0.05) is 12.1 Å². The topological polar surface area (TPSA) is 60.4 Å². The number of esters is 1. The predicted molar refractivity (Wildman–Crippen MR) is 60.2 cm³/mol. The van der Waals surface area contributed by atoms with E-state index < -0.39 is 21.2 Å². The molecule has 0 N–H and O–H groups in total. The minimum atomic E-state index is -3.23. The number of hydrogen-bond donors (Lipinski definition) is 0. The highest BCUT2D eigenvalue weighted by Crippen LogP contribution is 2.23. The average molecular weight is 263 g/mol. The fraction of sp³-hybridized carbons (Fsp3) is 0.300. The maximum Gasteiger partial charge on any atom is 0.328 e. The number of methoxy groups -OCH3 is 1. The van der Waals surface area contributed by atoms with Gasteiger partial charge in [0.2, 0.25) is 0 Å². The molecular formula is C10H11ClO4S. The van der Waals surface area contributed by atoms with Gasteiger partial charge >= 0.3 is 5.97 Å². The molecule has 0 radical (unpaired) electrons. The second kappa shape index (κ2) is 4.84. The van der Waals surface area contributed by atoms with E-state index in [1.54, 1.807) is 0 Å². The van der Waals surface area contributed by atoms with Crippen molar-refractivity contribution in [3.63, 3.8) is 0 Å². The lowest BCUT2D eigenvalue weighted by molar-refractivity contribution is -0.140. The third kappa shape index (κ3) is 2.96. The Labute approximate surface area is 99.1 Å². The highest BCUT2D eigenvalue weighted by atomic mass is 35.5. The summed E-state index contributed by atoms with van der Waals surface area (Å²) in [6, 6.07) is 5.79. The Hall–Kier alpha value is -1.07. The van der Waals surface area contributed by atoms with Gasteiger partial charge in [0.1, 0.15) is 0 Å². The molecule has 0 aliphatic rings. The molecule has 0 amide bonds. The summed E-state index contributed by atoms with van der Waals surface area (Å²) in [5, 5.41) is -0.918. The van der Waals surface area contributed by atoms with Crippen LogP contribution in [0.15, 0.2) is 29.2 Å².